The number of hydrogen-bond donors (Lipinski definition) is 1. The van der Waals surface area contributed by atoms with Crippen LogP contribution in [0.2, 0.25) is 0 Å². The third-order valence-electron chi connectivity index (χ3n) is 7.24. The number of likely N-dealkylation sites (tertiary alicyclic amines) is 2. The van der Waals surface area contributed by atoms with E-state index in [4.69, 9.17) is 4.42 Å². The van der Waals surface area contributed by atoms with Crippen LogP contribution in [0.3, 0.4) is 0 Å². The van der Waals surface area contributed by atoms with Gasteiger partial charge in [-0.3, -0.25) is 24.2 Å². The molecule has 3 amide bonds. The molecule has 2 fully saturated rings. The minimum atomic E-state index is -0.824. The van der Waals surface area contributed by atoms with Crippen molar-refractivity contribution in [3.8, 4) is 0 Å². The molecule has 0 radical (unpaired) electrons. The Balaban J connectivity index is 1.35. The summed E-state index contributed by atoms with van der Waals surface area (Å²) in [5.74, 6) is -0.923. The Labute approximate surface area is 214 Å². The number of carbonyl (C=O) groups is 4. The van der Waals surface area contributed by atoms with Crippen LogP contribution < -0.4 is 5.32 Å². The molecule has 9 heteroatoms. The molecule has 0 aliphatic carbocycles. The molecule has 0 saturated carbocycles. The van der Waals surface area contributed by atoms with Crippen molar-refractivity contribution in [2.24, 2.45) is 5.92 Å². The lowest BCUT2D eigenvalue weighted by Gasteiger charge is -2.29. The van der Waals surface area contributed by atoms with Gasteiger partial charge in [-0.25, -0.2) is 0 Å². The molecule has 2 saturated heterocycles. The first kappa shape index (κ1) is 24.7. The number of pyridine rings is 1. The molecule has 3 aromatic rings. The largest absolute Gasteiger partial charge is 0.451 e. The van der Waals surface area contributed by atoms with Crippen molar-refractivity contribution in [2.75, 3.05) is 13.1 Å². The van der Waals surface area contributed by atoms with Gasteiger partial charge in [-0.05, 0) is 43.9 Å². The Morgan fingerprint density at radius 3 is 2.62 bits per heavy atom. The fraction of sp³-hybridized carbons (Fsp3) is 0.393. The summed E-state index contributed by atoms with van der Waals surface area (Å²) < 4.78 is 5.80. The van der Waals surface area contributed by atoms with Crippen molar-refractivity contribution in [1.29, 1.82) is 0 Å². The Morgan fingerprint density at radius 1 is 1.14 bits per heavy atom. The fourth-order valence-electron chi connectivity index (χ4n) is 5.50. The van der Waals surface area contributed by atoms with Crippen LogP contribution in [0.4, 0.5) is 0 Å². The predicted octanol–water partition coefficient (Wildman–Crippen LogP) is 2.98. The van der Waals surface area contributed by atoms with Gasteiger partial charge in [-0.15, -0.1) is 0 Å². The average Bonchev–Trinajstić information content (AvgIpc) is 3.57. The minimum Gasteiger partial charge on any atom is -0.451 e. The number of para-hydroxylation sites is 1. The topological polar surface area (TPSA) is 113 Å². The molecule has 1 aromatic carbocycles. The van der Waals surface area contributed by atoms with Crippen LogP contribution in [-0.2, 0) is 9.59 Å². The van der Waals surface area contributed by atoms with Gasteiger partial charge >= 0.3 is 0 Å². The standard InChI is InChI=1S/C28H30N4O5/c1-16(2)13-20(30-26(34)25-17(3)19-8-4-5-9-23(19)37-25)28(36)31-12-10-21-24(31)22(33)15-32(21)27(35)18-7-6-11-29-14-18/h4-9,11,14,16,20-21,24H,10,12-13,15H2,1-3H3,(H,30,34)/t20-,21+,24-/m0/s1. The van der Waals surface area contributed by atoms with Crippen LogP contribution in [0.25, 0.3) is 11.0 Å². The van der Waals surface area contributed by atoms with Crippen molar-refractivity contribution >= 4 is 34.5 Å². The van der Waals surface area contributed by atoms with E-state index < -0.39 is 24.0 Å². The zero-order valence-corrected chi connectivity index (χ0v) is 21.1. The summed E-state index contributed by atoms with van der Waals surface area (Å²) in [7, 11) is 0. The second kappa shape index (κ2) is 9.80. The predicted molar refractivity (Wildman–Crippen MR) is 136 cm³/mol. The first-order chi connectivity index (χ1) is 17.8. The number of furan rings is 1. The van der Waals surface area contributed by atoms with Gasteiger partial charge in [0.2, 0.25) is 5.91 Å². The van der Waals surface area contributed by atoms with Crippen LogP contribution in [0.1, 0.15) is 53.2 Å². The molecular formula is C28H30N4O5. The molecule has 9 nitrogen and oxygen atoms in total. The quantitative estimate of drug-likeness (QED) is 0.555. The number of amides is 3. The van der Waals surface area contributed by atoms with E-state index in [1.54, 1.807) is 34.2 Å². The molecule has 2 aliphatic heterocycles. The highest BCUT2D eigenvalue weighted by atomic mass is 16.3. The summed E-state index contributed by atoms with van der Waals surface area (Å²) in [6.07, 6.45) is 3.97. The minimum absolute atomic E-state index is 0.0494. The fourth-order valence-corrected chi connectivity index (χ4v) is 5.50. The number of rotatable bonds is 6. The van der Waals surface area contributed by atoms with Gasteiger partial charge in [-0.2, -0.15) is 0 Å². The van der Waals surface area contributed by atoms with Gasteiger partial charge < -0.3 is 19.5 Å². The maximum Gasteiger partial charge on any atom is 0.287 e. The first-order valence-electron chi connectivity index (χ1n) is 12.6. The lowest BCUT2D eigenvalue weighted by molar-refractivity contribution is -0.138. The summed E-state index contributed by atoms with van der Waals surface area (Å²) >= 11 is 0. The van der Waals surface area contributed by atoms with E-state index in [1.807, 2.05) is 39.0 Å². The van der Waals surface area contributed by atoms with Crippen molar-refractivity contribution in [3.63, 3.8) is 0 Å². The summed E-state index contributed by atoms with van der Waals surface area (Å²) in [5, 5.41) is 3.72. The smallest absolute Gasteiger partial charge is 0.287 e. The third-order valence-corrected chi connectivity index (χ3v) is 7.24. The van der Waals surface area contributed by atoms with E-state index in [0.717, 1.165) is 5.39 Å². The molecule has 0 unspecified atom stereocenters. The highest BCUT2D eigenvalue weighted by molar-refractivity contribution is 6.04. The second-order valence-electron chi connectivity index (χ2n) is 10.2. The summed E-state index contributed by atoms with van der Waals surface area (Å²) in [4.78, 5) is 60.2. The second-order valence-corrected chi connectivity index (χ2v) is 10.2. The number of fused-ring (bicyclic) bond motifs is 2. The Morgan fingerprint density at radius 2 is 1.92 bits per heavy atom. The van der Waals surface area contributed by atoms with Crippen LogP contribution >= 0.6 is 0 Å². The summed E-state index contributed by atoms with van der Waals surface area (Å²) in [5.41, 5.74) is 1.72. The molecule has 192 valence electrons. The summed E-state index contributed by atoms with van der Waals surface area (Å²) in [6, 6.07) is 8.81. The molecule has 2 aliphatic rings. The molecule has 0 bridgehead atoms. The average molecular weight is 503 g/mol. The number of nitrogens with one attached hydrogen (secondary N) is 1. The molecule has 2 aromatic heterocycles. The zero-order chi connectivity index (χ0) is 26.3. The molecule has 4 heterocycles. The van der Waals surface area contributed by atoms with Crippen molar-refractivity contribution in [1.82, 2.24) is 20.1 Å². The van der Waals surface area contributed by atoms with E-state index >= 15 is 0 Å². The van der Waals surface area contributed by atoms with Crippen molar-refractivity contribution < 1.29 is 23.6 Å². The van der Waals surface area contributed by atoms with Crippen LogP contribution in [0.15, 0.2) is 53.2 Å². The van der Waals surface area contributed by atoms with Gasteiger partial charge in [0, 0.05) is 29.9 Å². The number of ketones is 1. The van der Waals surface area contributed by atoms with Gasteiger partial charge in [0.25, 0.3) is 11.8 Å². The lowest BCUT2D eigenvalue weighted by atomic mass is 10.0. The SMILES string of the molecule is Cc1c(C(=O)N[C@@H](CC(C)C)C(=O)N2CC[C@@H]3[C@H]2C(=O)CN3C(=O)c2cccnc2)oc2ccccc12. The maximum absolute atomic E-state index is 13.8. The van der Waals surface area contributed by atoms with Gasteiger partial charge in [0.05, 0.1) is 18.2 Å². The van der Waals surface area contributed by atoms with E-state index in [9.17, 15) is 19.2 Å². The molecular weight excluding hydrogens is 472 g/mol. The maximum atomic E-state index is 13.8. The molecule has 1 N–H and O–H groups in total. The van der Waals surface area contributed by atoms with Gasteiger partial charge in [0.15, 0.2) is 11.5 Å². The zero-order valence-electron chi connectivity index (χ0n) is 21.1. The highest BCUT2D eigenvalue weighted by Gasteiger charge is 2.52. The molecule has 3 atom stereocenters. The third kappa shape index (κ3) is 4.50. The number of aryl methyl sites for hydroxylation is 1. The number of carbonyl (C=O) groups excluding carboxylic acids is 4. The molecule has 37 heavy (non-hydrogen) atoms. The number of aromatic nitrogens is 1. The number of nitrogens with zero attached hydrogens (tertiary/aromatic N) is 3. The van der Waals surface area contributed by atoms with Crippen LogP contribution in [0.5, 0.6) is 0 Å². The van der Waals surface area contributed by atoms with Gasteiger partial charge in [0.1, 0.15) is 17.7 Å². The number of Topliss-reactive ketones (excluding diaryl/α,β-unsaturated/α-hetero) is 1. The van der Waals surface area contributed by atoms with Crippen LogP contribution in [-0.4, -0.2) is 69.5 Å². The van der Waals surface area contributed by atoms with Crippen molar-refractivity contribution in [2.45, 2.75) is 51.7 Å². The number of hydrogen-bond acceptors (Lipinski definition) is 6. The van der Waals surface area contributed by atoms with Crippen LogP contribution in [0, 0.1) is 12.8 Å². The lowest BCUT2D eigenvalue weighted by Crippen LogP contribution is -2.53. The Hall–Kier alpha value is -4.01. The number of benzene rings is 1. The van der Waals surface area contributed by atoms with E-state index in [1.165, 1.54) is 6.20 Å². The van der Waals surface area contributed by atoms with Gasteiger partial charge in [-0.1, -0.05) is 32.0 Å². The highest BCUT2D eigenvalue weighted by Crippen LogP contribution is 2.32. The monoisotopic (exact) mass is 502 g/mol. The molecule has 0 spiro atoms. The summed E-state index contributed by atoms with van der Waals surface area (Å²) in [6.45, 7) is 6.05. The van der Waals surface area contributed by atoms with E-state index in [-0.39, 0.29) is 35.8 Å². The molecule has 5 rings (SSSR count). The van der Waals surface area contributed by atoms with Crippen molar-refractivity contribution in [3.05, 3.63) is 65.7 Å². The Bertz CT molecular complexity index is 1370. The van der Waals surface area contributed by atoms with E-state index in [2.05, 4.69) is 10.3 Å². The first-order valence-corrected chi connectivity index (χ1v) is 12.6. The van der Waals surface area contributed by atoms with E-state index in [0.29, 0.717) is 36.1 Å². The Kier molecular flexibility index (Phi) is 6.54. The normalized spacial score (nSPS) is 19.9.